The molecule has 2 aliphatic rings. The van der Waals surface area contributed by atoms with Crippen molar-refractivity contribution in [3.63, 3.8) is 0 Å². The highest BCUT2D eigenvalue weighted by Gasteiger charge is 2.30. The second-order valence-electron chi connectivity index (χ2n) is 7.69. The number of benzene rings is 1. The number of carbonyl (C=O) groups excluding carboxylic acids is 2. The van der Waals surface area contributed by atoms with Crippen LogP contribution in [0.5, 0.6) is 5.75 Å². The molecule has 1 aliphatic carbocycles. The molecule has 0 radical (unpaired) electrons. The molecule has 2 heterocycles. The van der Waals surface area contributed by atoms with E-state index in [1.165, 1.54) is 13.2 Å². The smallest absolute Gasteiger partial charge is 0.273 e. The molecule has 1 aromatic heterocycles. The van der Waals surface area contributed by atoms with Crippen LogP contribution in [0.15, 0.2) is 24.3 Å². The van der Waals surface area contributed by atoms with Crippen molar-refractivity contribution in [2.75, 3.05) is 42.7 Å². The van der Waals surface area contributed by atoms with E-state index in [1.54, 1.807) is 6.07 Å². The third kappa shape index (κ3) is 4.53. The summed E-state index contributed by atoms with van der Waals surface area (Å²) in [5, 5.41) is 15.5. The van der Waals surface area contributed by atoms with E-state index < -0.39 is 12.9 Å². The van der Waals surface area contributed by atoms with Crippen molar-refractivity contribution in [1.82, 2.24) is 15.5 Å². The Morgan fingerprint density at radius 2 is 2.10 bits per heavy atom. The average Bonchev–Trinajstić information content (AvgIpc) is 3.53. The van der Waals surface area contributed by atoms with Gasteiger partial charge in [0.25, 0.3) is 5.91 Å². The minimum atomic E-state index is -2.71. The number of hydrogen-bond donors (Lipinski definition) is 4. The van der Waals surface area contributed by atoms with E-state index in [9.17, 15) is 9.59 Å². The van der Waals surface area contributed by atoms with E-state index in [1.807, 2.05) is 17.4 Å². The van der Waals surface area contributed by atoms with E-state index >= 15 is 0 Å². The number of aromatic nitrogens is 2. The van der Waals surface area contributed by atoms with Crippen molar-refractivity contribution in [3.05, 3.63) is 30.0 Å². The zero-order chi connectivity index (χ0) is 24.5. The van der Waals surface area contributed by atoms with Crippen LogP contribution in [0.2, 0.25) is 0 Å². The molecule has 1 atom stereocenters. The van der Waals surface area contributed by atoms with Crippen molar-refractivity contribution in [3.8, 4) is 5.75 Å². The largest absolute Gasteiger partial charge is 0.492 e. The van der Waals surface area contributed by atoms with Gasteiger partial charge in [-0.3, -0.25) is 9.59 Å². The summed E-state index contributed by atoms with van der Waals surface area (Å²) in [6.07, 6.45) is 2.49. The average molecular weight is 429 g/mol. The van der Waals surface area contributed by atoms with Gasteiger partial charge in [-0.25, -0.2) is 0 Å². The van der Waals surface area contributed by atoms with Crippen molar-refractivity contribution in [2.45, 2.75) is 25.3 Å². The number of nitrogens with one attached hydrogen (secondary N) is 3. The number of anilines is 4. The number of carbonyl (C=O) groups is 2. The van der Waals surface area contributed by atoms with Gasteiger partial charge in [-0.15, -0.1) is 10.2 Å². The molecular weight excluding hydrogens is 398 g/mol. The third-order valence-electron chi connectivity index (χ3n) is 5.36. The zero-order valence-corrected chi connectivity index (χ0v) is 17.1. The maximum absolute atomic E-state index is 12.6. The first-order chi connectivity index (χ1) is 16.1. The van der Waals surface area contributed by atoms with Crippen LogP contribution in [-0.4, -0.2) is 55.2 Å². The molecule has 164 valence electrons. The maximum atomic E-state index is 12.6. The Morgan fingerprint density at radius 1 is 1.26 bits per heavy atom. The van der Waals surface area contributed by atoms with E-state index in [0.717, 1.165) is 31.5 Å². The number of hydrogen-bond acceptors (Lipinski definition) is 8. The van der Waals surface area contributed by atoms with Crippen molar-refractivity contribution in [1.29, 1.82) is 0 Å². The van der Waals surface area contributed by atoms with Crippen LogP contribution in [0.4, 0.5) is 22.9 Å². The molecular formula is C21H27N7O3. The van der Waals surface area contributed by atoms with Gasteiger partial charge in [0, 0.05) is 42.2 Å². The van der Waals surface area contributed by atoms with E-state index in [2.05, 4.69) is 25.7 Å². The van der Waals surface area contributed by atoms with Crippen LogP contribution in [0.3, 0.4) is 0 Å². The Morgan fingerprint density at radius 3 is 2.77 bits per heavy atom. The lowest BCUT2D eigenvalue weighted by atomic mass is 10.2. The standard InChI is InChI=1S/C21H27N7O3/c1-23-21(30)18-15(10-17(26-27-18)25-20(29)12-6-7-12)24-14-4-3-5-16(19(14)31-2)28-9-8-13(22)11-28/h3-5,10,12-13H,6-9,11,22H2,1-2H3,(H,23,30)(H2,24,25,26,29)/i1D3. The number of rotatable bonds is 7. The number of amides is 2. The quantitative estimate of drug-likeness (QED) is 0.521. The topological polar surface area (TPSA) is 134 Å². The fourth-order valence-electron chi connectivity index (χ4n) is 3.59. The van der Waals surface area contributed by atoms with Crippen LogP contribution < -0.4 is 31.3 Å². The highest BCUT2D eigenvalue weighted by molar-refractivity contribution is 6.00. The molecule has 1 aromatic carbocycles. The van der Waals surface area contributed by atoms with Crippen molar-refractivity contribution in [2.24, 2.45) is 11.7 Å². The molecule has 1 unspecified atom stereocenters. The number of ether oxygens (including phenoxy) is 1. The van der Waals surface area contributed by atoms with Gasteiger partial charge in [-0.05, 0) is 31.4 Å². The van der Waals surface area contributed by atoms with Crippen LogP contribution in [-0.2, 0) is 4.79 Å². The van der Waals surface area contributed by atoms with Crippen molar-refractivity contribution >= 4 is 34.7 Å². The summed E-state index contributed by atoms with van der Waals surface area (Å²) in [7, 11) is 1.54. The summed E-state index contributed by atoms with van der Waals surface area (Å²) in [4.78, 5) is 26.9. The predicted octanol–water partition coefficient (Wildman–Crippen LogP) is 1.47. The highest BCUT2D eigenvalue weighted by Crippen LogP contribution is 2.39. The molecule has 1 saturated carbocycles. The molecule has 4 rings (SSSR count). The van der Waals surface area contributed by atoms with Crippen LogP contribution in [0.1, 0.15) is 33.9 Å². The number of para-hydroxylation sites is 1. The Balaban J connectivity index is 1.68. The van der Waals surface area contributed by atoms with Crippen LogP contribution >= 0.6 is 0 Å². The van der Waals surface area contributed by atoms with Gasteiger partial charge in [-0.1, -0.05) is 6.07 Å². The van der Waals surface area contributed by atoms with E-state index in [-0.39, 0.29) is 35.1 Å². The predicted molar refractivity (Wildman–Crippen MR) is 118 cm³/mol. The first-order valence-corrected chi connectivity index (χ1v) is 10.1. The number of nitrogens with zero attached hydrogens (tertiary/aromatic N) is 3. The zero-order valence-electron chi connectivity index (χ0n) is 20.1. The van der Waals surface area contributed by atoms with Gasteiger partial charge < -0.3 is 31.3 Å². The molecule has 5 N–H and O–H groups in total. The summed E-state index contributed by atoms with van der Waals surface area (Å²) >= 11 is 0. The summed E-state index contributed by atoms with van der Waals surface area (Å²) in [5.41, 5.74) is 7.34. The Hall–Kier alpha value is -3.40. The van der Waals surface area contributed by atoms with Gasteiger partial charge in [0.1, 0.15) is 0 Å². The van der Waals surface area contributed by atoms with Crippen LogP contribution in [0, 0.1) is 5.92 Å². The second kappa shape index (κ2) is 8.76. The minimum absolute atomic E-state index is 0.0552. The lowest BCUT2D eigenvalue weighted by Gasteiger charge is -2.23. The highest BCUT2D eigenvalue weighted by atomic mass is 16.5. The molecule has 2 fully saturated rings. The minimum Gasteiger partial charge on any atom is -0.492 e. The molecule has 10 nitrogen and oxygen atoms in total. The normalized spacial score (nSPS) is 19.7. The van der Waals surface area contributed by atoms with Crippen LogP contribution in [0.25, 0.3) is 0 Å². The molecule has 31 heavy (non-hydrogen) atoms. The van der Waals surface area contributed by atoms with Gasteiger partial charge in [0.05, 0.1) is 24.2 Å². The van der Waals surface area contributed by atoms with Gasteiger partial charge in [0.15, 0.2) is 17.3 Å². The SMILES string of the molecule is [2H]C([2H])([2H])NC(=O)c1nnc(NC(=O)C2CC2)cc1Nc1cccc(N2CCC(N)C2)c1OC. The fourth-order valence-corrected chi connectivity index (χ4v) is 3.59. The Labute approximate surface area is 184 Å². The lowest BCUT2D eigenvalue weighted by Crippen LogP contribution is -2.26. The molecule has 1 aliphatic heterocycles. The van der Waals surface area contributed by atoms with E-state index in [0.29, 0.717) is 18.0 Å². The summed E-state index contributed by atoms with van der Waals surface area (Å²) in [6, 6.07) is 7.01. The molecule has 2 amide bonds. The first kappa shape index (κ1) is 17.3. The molecule has 0 spiro atoms. The Kier molecular flexibility index (Phi) is 4.89. The van der Waals surface area contributed by atoms with E-state index in [4.69, 9.17) is 14.6 Å². The lowest BCUT2D eigenvalue weighted by molar-refractivity contribution is -0.117. The fraction of sp³-hybridized carbons (Fsp3) is 0.429. The maximum Gasteiger partial charge on any atom is 0.273 e. The van der Waals surface area contributed by atoms with Gasteiger partial charge in [0.2, 0.25) is 5.91 Å². The number of methoxy groups -OCH3 is 1. The van der Waals surface area contributed by atoms with Gasteiger partial charge in [-0.2, -0.15) is 0 Å². The Bertz CT molecular complexity index is 1090. The van der Waals surface area contributed by atoms with Crippen molar-refractivity contribution < 1.29 is 18.4 Å². The number of nitrogens with two attached hydrogens (primary N) is 1. The molecule has 1 saturated heterocycles. The summed E-state index contributed by atoms with van der Waals surface area (Å²) < 4.78 is 27.7. The van der Waals surface area contributed by atoms with Gasteiger partial charge >= 0.3 is 0 Å². The molecule has 2 aromatic rings. The first-order valence-electron chi connectivity index (χ1n) is 11.6. The summed E-state index contributed by atoms with van der Waals surface area (Å²) in [6.45, 7) is -1.25. The second-order valence-corrected chi connectivity index (χ2v) is 7.69. The summed E-state index contributed by atoms with van der Waals surface area (Å²) in [5.74, 6) is -0.495. The monoisotopic (exact) mass is 428 g/mol. The molecule has 0 bridgehead atoms. The third-order valence-corrected chi connectivity index (χ3v) is 5.36. The molecule has 10 heteroatoms.